The number of morpholine rings is 1. The van der Waals surface area contributed by atoms with Crippen molar-refractivity contribution in [3.8, 4) is 11.5 Å². The topological polar surface area (TPSA) is 54.5 Å². The molecule has 2 aliphatic rings. The maximum atomic E-state index is 13.3. The molecule has 202 valence electrons. The van der Waals surface area contributed by atoms with Crippen molar-refractivity contribution in [2.24, 2.45) is 0 Å². The maximum absolute atomic E-state index is 13.3. The molecule has 0 unspecified atom stereocenters. The zero-order chi connectivity index (χ0) is 26.5. The van der Waals surface area contributed by atoms with Crippen LogP contribution in [0.15, 0.2) is 48.5 Å². The highest BCUT2D eigenvalue weighted by Gasteiger charge is 2.41. The number of amides is 1. The van der Waals surface area contributed by atoms with Crippen molar-refractivity contribution in [2.75, 3.05) is 59.5 Å². The highest BCUT2D eigenvalue weighted by Crippen LogP contribution is 2.28. The predicted molar refractivity (Wildman–Crippen MR) is 133 cm³/mol. The fraction of sp³-hybridized carbons (Fsp3) is 0.500. The van der Waals surface area contributed by atoms with Gasteiger partial charge in [-0.1, -0.05) is 23.7 Å². The second-order valence-corrected chi connectivity index (χ2v) is 9.98. The molecule has 0 aliphatic carbocycles. The van der Waals surface area contributed by atoms with E-state index < -0.39 is 12.0 Å². The zero-order valence-electron chi connectivity index (χ0n) is 20.7. The number of ether oxygens (including phenoxy) is 3. The number of hydrogen-bond donors (Lipinski definition) is 0. The number of nitrogens with zero attached hydrogens (tertiary/aromatic N) is 3. The van der Waals surface area contributed by atoms with Gasteiger partial charge in [-0.15, -0.1) is 13.2 Å². The third-order valence-corrected chi connectivity index (χ3v) is 6.76. The molecule has 1 atom stereocenters. The van der Waals surface area contributed by atoms with Crippen LogP contribution in [0.5, 0.6) is 11.5 Å². The van der Waals surface area contributed by atoms with Gasteiger partial charge in [0.05, 0.1) is 13.0 Å². The zero-order valence-corrected chi connectivity index (χ0v) is 21.4. The first-order valence-electron chi connectivity index (χ1n) is 12.1. The van der Waals surface area contributed by atoms with Gasteiger partial charge in [0.2, 0.25) is 5.91 Å². The van der Waals surface area contributed by atoms with Crippen LogP contribution in [0.1, 0.15) is 12.0 Å². The Morgan fingerprint density at radius 1 is 1.05 bits per heavy atom. The van der Waals surface area contributed by atoms with E-state index in [9.17, 15) is 18.0 Å². The smallest absolute Gasteiger partial charge is 0.491 e. The molecular formula is C26H31ClF3N3O4. The third-order valence-electron chi connectivity index (χ3n) is 6.51. The lowest BCUT2D eigenvalue weighted by atomic mass is 9.96. The second kappa shape index (κ2) is 11.9. The maximum Gasteiger partial charge on any atom is 0.573 e. The Balaban J connectivity index is 1.47. The molecule has 0 spiro atoms. The lowest BCUT2D eigenvalue weighted by Crippen LogP contribution is -2.58. The lowest BCUT2D eigenvalue weighted by molar-refractivity contribution is -0.274. The van der Waals surface area contributed by atoms with Crippen LogP contribution < -0.4 is 9.47 Å². The molecule has 0 N–H and O–H groups in total. The average molecular weight is 542 g/mol. The van der Waals surface area contributed by atoms with Gasteiger partial charge < -0.3 is 24.0 Å². The Labute approximate surface area is 219 Å². The minimum atomic E-state index is -4.75. The van der Waals surface area contributed by atoms with Crippen molar-refractivity contribution in [1.82, 2.24) is 14.7 Å². The van der Waals surface area contributed by atoms with Crippen molar-refractivity contribution in [1.29, 1.82) is 0 Å². The molecule has 7 nitrogen and oxygen atoms in total. The van der Waals surface area contributed by atoms with Crippen molar-refractivity contribution in [3.63, 3.8) is 0 Å². The Kier molecular flexibility index (Phi) is 8.84. The van der Waals surface area contributed by atoms with Crippen LogP contribution in [0.4, 0.5) is 13.2 Å². The largest absolute Gasteiger partial charge is 0.573 e. The minimum absolute atomic E-state index is 0.00442. The Morgan fingerprint density at radius 3 is 2.49 bits per heavy atom. The van der Waals surface area contributed by atoms with E-state index in [4.69, 9.17) is 21.1 Å². The molecule has 4 rings (SSSR count). The summed E-state index contributed by atoms with van der Waals surface area (Å²) in [5.41, 5.74) is -0.250. The summed E-state index contributed by atoms with van der Waals surface area (Å²) in [6.45, 7) is 4.75. The third kappa shape index (κ3) is 8.23. The van der Waals surface area contributed by atoms with Gasteiger partial charge in [-0.2, -0.15) is 0 Å². The summed E-state index contributed by atoms with van der Waals surface area (Å²) in [5.74, 6) is 0.338. The molecule has 1 amide bonds. The van der Waals surface area contributed by atoms with E-state index in [1.54, 1.807) is 30.3 Å². The minimum Gasteiger partial charge on any atom is -0.491 e. The summed E-state index contributed by atoms with van der Waals surface area (Å²) < 4.78 is 54.3. The molecular weight excluding hydrogens is 511 g/mol. The van der Waals surface area contributed by atoms with E-state index in [-0.39, 0.29) is 24.7 Å². The van der Waals surface area contributed by atoms with Gasteiger partial charge in [0.25, 0.3) is 0 Å². The average Bonchev–Trinajstić information content (AvgIpc) is 2.83. The molecule has 0 bridgehead atoms. The fourth-order valence-corrected chi connectivity index (χ4v) is 4.72. The molecule has 37 heavy (non-hydrogen) atoms. The summed E-state index contributed by atoms with van der Waals surface area (Å²) in [7, 11) is 2.03. The SMILES string of the molecule is CN1CCN(C(=O)C[C@]2(COc3ccc(Cl)cc3)CN(Cc3cccc(OC(F)(F)F)c3)CCO2)CC1. The molecule has 2 aromatic carbocycles. The summed E-state index contributed by atoms with van der Waals surface area (Å²) >= 11 is 5.98. The summed E-state index contributed by atoms with van der Waals surface area (Å²) in [6.07, 6.45) is -4.62. The summed E-state index contributed by atoms with van der Waals surface area (Å²) in [6, 6.07) is 12.9. The van der Waals surface area contributed by atoms with Crippen LogP contribution in [0, 0.1) is 0 Å². The molecule has 2 aliphatic heterocycles. The van der Waals surface area contributed by atoms with E-state index in [0.29, 0.717) is 55.7 Å². The van der Waals surface area contributed by atoms with Crippen LogP contribution in [0.3, 0.4) is 0 Å². The summed E-state index contributed by atoms with van der Waals surface area (Å²) in [5, 5.41) is 0.587. The molecule has 2 saturated heterocycles. The first-order chi connectivity index (χ1) is 17.6. The van der Waals surface area contributed by atoms with Crippen LogP contribution in [0.25, 0.3) is 0 Å². The first kappa shape index (κ1) is 27.5. The number of rotatable bonds is 8. The normalized spacial score (nSPS) is 21.6. The highest BCUT2D eigenvalue weighted by molar-refractivity contribution is 6.30. The van der Waals surface area contributed by atoms with E-state index in [2.05, 4.69) is 14.5 Å². The van der Waals surface area contributed by atoms with Crippen LogP contribution in [0.2, 0.25) is 5.02 Å². The molecule has 0 radical (unpaired) electrons. The first-order valence-corrected chi connectivity index (χ1v) is 12.5. The number of benzene rings is 2. The number of likely N-dealkylation sites (N-methyl/N-ethyl adjacent to an activating group) is 1. The van der Waals surface area contributed by atoms with Gasteiger partial charge in [0.15, 0.2) is 0 Å². The van der Waals surface area contributed by atoms with Gasteiger partial charge in [0.1, 0.15) is 23.7 Å². The lowest BCUT2D eigenvalue weighted by Gasteiger charge is -2.43. The van der Waals surface area contributed by atoms with Gasteiger partial charge in [-0.25, -0.2) is 0 Å². The fourth-order valence-electron chi connectivity index (χ4n) is 4.59. The van der Waals surface area contributed by atoms with Crippen LogP contribution >= 0.6 is 11.6 Å². The highest BCUT2D eigenvalue weighted by atomic mass is 35.5. The van der Waals surface area contributed by atoms with Crippen molar-refractivity contribution >= 4 is 17.5 Å². The number of halogens is 4. The van der Waals surface area contributed by atoms with Crippen molar-refractivity contribution in [2.45, 2.75) is 24.9 Å². The molecule has 2 fully saturated rings. The van der Waals surface area contributed by atoms with Gasteiger partial charge in [-0.3, -0.25) is 9.69 Å². The monoisotopic (exact) mass is 541 g/mol. The molecule has 2 heterocycles. The quantitative estimate of drug-likeness (QED) is 0.503. The standard InChI is InChI=1S/C26H31ClF3N3O4/c1-31-9-11-33(12-10-31)24(34)16-25(19-35-22-7-5-21(27)6-8-22)18-32(13-14-36-25)17-20-3-2-4-23(15-20)37-26(28,29)30/h2-8,15H,9-14,16-19H2,1H3/t25-/m1/s1. The van der Waals surface area contributed by atoms with E-state index in [0.717, 1.165) is 13.1 Å². The van der Waals surface area contributed by atoms with Crippen molar-refractivity contribution < 1.29 is 32.2 Å². The number of piperazine rings is 1. The van der Waals surface area contributed by atoms with Gasteiger partial charge in [0, 0.05) is 50.8 Å². The number of carbonyl (C=O) groups excluding carboxylic acids is 1. The Morgan fingerprint density at radius 2 is 1.78 bits per heavy atom. The molecule has 11 heteroatoms. The van der Waals surface area contributed by atoms with Crippen LogP contribution in [-0.2, 0) is 16.1 Å². The van der Waals surface area contributed by atoms with Crippen molar-refractivity contribution in [3.05, 3.63) is 59.1 Å². The summed E-state index contributed by atoms with van der Waals surface area (Å²) in [4.78, 5) is 19.4. The van der Waals surface area contributed by atoms with Crippen LogP contribution in [-0.4, -0.2) is 92.1 Å². The predicted octanol–water partition coefficient (Wildman–Crippen LogP) is 4.05. The number of alkyl halides is 3. The van der Waals surface area contributed by atoms with Gasteiger partial charge in [-0.05, 0) is 49.0 Å². The van der Waals surface area contributed by atoms with E-state index >= 15 is 0 Å². The molecule has 0 saturated carbocycles. The number of hydrogen-bond acceptors (Lipinski definition) is 6. The Bertz CT molecular complexity index is 1050. The van der Waals surface area contributed by atoms with Gasteiger partial charge >= 0.3 is 6.36 Å². The second-order valence-electron chi connectivity index (χ2n) is 9.54. The number of carbonyl (C=O) groups is 1. The van der Waals surface area contributed by atoms with E-state index in [1.807, 2.05) is 11.9 Å². The molecule has 2 aromatic rings. The van der Waals surface area contributed by atoms with E-state index in [1.165, 1.54) is 18.2 Å². The Hall–Kier alpha value is -2.53. The molecule has 0 aromatic heterocycles.